The van der Waals surface area contributed by atoms with E-state index in [2.05, 4.69) is 0 Å². The molecule has 0 bridgehead atoms. The molecule has 0 amide bonds. The number of carbonyl (C=O) groups is 4. The smallest absolute Gasteiger partial charge is 0.320 e. The zero-order valence-corrected chi connectivity index (χ0v) is 19.0. The molecular formula is C20H39NO13. The Bertz CT molecular complexity index is 529. The van der Waals surface area contributed by atoms with E-state index < -0.39 is 61.4 Å². The molecule has 0 saturated heterocycles. The highest BCUT2D eigenvalue weighted by atomic mass is 16.4. The standard InChI is InChI=1S/C10H18O4.C5H9NO4.C5H12O5/c11-9(12)7-5-3-1-2-4-6-8-10(13)14;6-3(5(9)10)1-2-4(7)8;6-1-3(8)5(10)4(9)2-7/h1-8H2,(H,11,12)(H,13,14);3H,1-2,6H2,(H,7,8)(H,9,10);3-10H,1-2H2/t;3-;3-,4+,5?/m.0./s1. The molecule has 0 aliphatic rings. The van der Waals surface area contributed by atoms with Crippen LogP contribution < -0.4 is 5.73 Å². The third kappa shape index (κ3) is 27.7. The zero-order valence-electron chi connectivity index (χ0n) is 19.0. The Morgan fingerprint density at radius 1 is 0.588 bits per heavy atom. The van der Waals surface area contributed by atoms with Gasteiger partial charge < -0.3 is 51.7 Å². The second-order valence-electron chi connectivity index (χ2n) is 7.28. The summed E-state index contributed by atoms with van der Waals surface area (Å²) in [4.78, 5) is 40.2. The number of aliphatic carboxylic acids is 4. The van der Waals surface area contributed by atoms with Crippen molar-refractivity contribution in [1.82, 2.24) is 0 Å². The molecular weight excluding hydrogens is 462 g/mol. The lowest BCUT2D eigenvalue weighted by atomic mass is 10.1. The summed E-state index contributed by atoms with van der Waals surface area (Å²) in [5.41, 5.74) is 5.00. The number of carboxylic acids is 4. The molecule has 34 heavy (non-hydrogen) atoms. The summed E-state index contributed by atoms with van der Waals surface area (Å²) in [7, 11) is 0. The Morgan fingerprint density at radius 3 is 1.18 bits per heavy atom. The predicted octanol–water partition coefficient (Wildman–Crippen LogP) is -1.41. The van der Waals surface area contributed by atoms with Gasteiger partial charge in [-0.1, -0.05) is 25.7 Å². The lowest BCUT2D eigenvalue weighted by Gasteiger charge is -2.19. The van der Waals surface area contributed by atoms with E-state index in [1.807, 2.05) is 0 Å². The topological polar surface area (TPSA) is 276 Å². The molecule has 0 aliphatic heterocycles. The molecule has 0 aliphatic carbocycles. The SMILES string of the molecule is N[C@@H](CCC(=O)O)C(=O)O.O=C(O)CCCCCCCCC(=O)O.OC[C@@H](O)C(O)[C@@H](O)CO. The number of aliphatic hydroxyl groups is 5. The summed E-state index contributed by atoms with van der Waals surface area (Å²) in [6.07, 6.45) is 1.31. The van der Waals surface area contributed by atoms with E-state index in [-0.39, 0.29) is 25.7 Å². The van der Waals surface area contributed by atoms with Crippen molar-refractivity contribution in [3.05, 3.63) is 0 Å². The summed E-state index contributed by atoms with van der Waals surface area (Å²) >= 11 is 0. The van der Waals surface area contributed by atoms with Crippen molar-refractivity contribution in [2.24, 2.45) is 5.73 Å². The Balaban J connectivity index is -0.000000434. The number of aliphatic hydroxyl groups excluding tert-OH is 5. The highest BCUT2D eigenvalue weighted by Gasteiger charge is 2.22. The summed E-state index contributed by atoms with van der Waals surface area (Å²) < 4.78 is 0. The van der Waals surface area contributed by atoms with Crippen LogP contribution in [0.4, 0.5) is 0 Å². The number of rotatable bonds is 17. The summed E-state index contributed by atoms with van der Waals surface area (Å²) in [6, 6.07) is -1.06. The largest absolute Gasteiger partial charge is 0.481 e. The second-order valence-corrected chi connectivity index (χ2v) is 7.28. The number of nitrogens with two attached hydrogens (primary N) is 1. The Kier molecular flexibility index (Phi) is 25.3. The average molecular weight is 502 g/mol. The molecule has 14 heteroatoms. The van der Waals surface area contributed by atoms with E-state index >= 15 is 0 Å². The van der Waals surface area contributed by atoms with Crippen LogP contribution in [0.15, 0.2) is 0 Å². The Hall–Kier alpha value is -2.36. The third-order valence-corrected chi connectivity index (χ3v) is 4.18. The molecule has 4 atom stereocenters. The minimum Gasteiger partial charge on any atom is -0.481 e. The number of unbranched alkanes of at least 4 members (excludes halogenated alkanes) is 5. The summed E-state index contributed by atoms with van der Waals surface area (Å²) in [5.74, 6) is -3.68. The van der Waals surface area contributed by atoms with Crippen molar-refractivity contribution in [3.63, 3.8) is 0 Å². The van der Waals surface area contributed by atoms with E-state index in [4.69, 9.17) is 51.7 Å². The number of hydrogen-bond donors (Lipinski definition) is 10. The maximum absolute atomic E-state index is 10.1. The quantitative estimate of drug-likeness (QED) is 0.103. The fraction of sp³-hybridized carbons (Fsp3) is 0.800. The van der Waals surface area contributed by atoms with Crippen molar-refractivity contribution >= 4 is 23.9 Å². The molecule has 14 nitrogen and oxygen atoms in total. The van der Waals surface area contributed by atoms with Crippen molar-refractivity contribution in [3.8, 4) is 0 Å². The van der Waals surface area contributed by atoms with Crippen molar-refractivity contribution in [2.45, 2.75) is 88.6 Å². The average Bonchev–Trinajstić information content (AvgIpc) is 2.77. The van der Waals surface area contributed by atoms with Gasteiger partial charge in [0.05, 0.1) is 13.2 Å². The molecule has 1 unspecified atom stereocenters. The predicted molar refractivity (Wildman–Crippen MR) is 117 cm³/mol. The van der Waals surface area contributed by atoms with Gasteiger partial charge in [0.25, 0.3) is 0 Å². The maximum atomic E-state index is 10.1. The Morgan fingerprint density at radius 2 is 0.912 bits per heavy atom. The summed E-state index contributed by atoms with van der Waals surface area (Å²) in [5, 5.41) is 75.5. The third-order valence-electron chi connectivity index (χ3n) is 4.18. The van der Waals surface area contributed by atoms with Gasteiger partial charge in [0.1, 0.15) is 24.4 Å². The van der Waals surface area contributed by atoms with E-state index in [0.29, 0.717) is 0 Å². The van der Waals surface area contributed by atoms with Crippen molar-refractivity contribution < 1.29 is 65.1 Å². The normalized spacial score (nSPS) is 13.7. The van der Waals surface area contributed by atoms with Crippen LogP contribution in [0.5, 0.6) is 0 Å². The monoisotopic (exact) mass is 501 g/mol. The van der Waals surface area contributed by atoms with Crippen LogP contribution in [-0.2, 0) is 19.2 Å². The van der Waals surface area contributed by atoms with Crippen molar-refractivity contribution in [2.75, 3.05) is 13.2 Å². The van der Waals surface area contributed by atoms with Gasteiger partial charge in [-0.05, 0) is 19.3 Å². The van der Waals surface area contributed by atoms with E-state index in [0.717, 1.165) is 38.5 Å². The van der Waals surface area contributed by atoms with Crippen LogP contribution in [0.1, 0.15) is 64.2 Å². The second kappa shape index (κ2) is 23.8. The molecule has 0 aromatic heterocycles. The first-order chi connectivity index (χ1) is 15.8. The van der Waals surface area contributed by atoms with E-state index in [1.54, 1.807) is 0 Å². The highest BCUT2D eigenvalue weighted by molar-refractivity contribution is 5.74. The van der Waals surface area contributed by atoms with Crippen molar-refractivity contribution in [1.29, 1.82) is 0 Å². The van der Waals surface area contributed by atoms with Gasteiger partial charge in [-0.2, -0.15) is 0 Å². The molecule has 0 fully saturated rings. The molecule has 0 heterocycles. The molecule has 0 saturated carbocycles. The maximum Gasteiger partial charge on any atom is 0.320 e. The van der Waals surface area contributed by atoms with Gasteiger partial charge in [0, 0.05) is 19.3 Å². The van der Waals surface area contributed by atoms with Gasteiger partial charge in [0.15, 0.2) is 0 Å². The first-order valence-corrected chi connectivity index (χ1v) is 10.7. The van der Waals surface area contributed by atoms with E-state index in [1.165, 1.54) is 0 Å². The zero-order chi connectivity index (χ0) is 27.1. The molecule has 0 aromatic carbocycles. The molecule has 202 valence electrons. The molecule has 0 rings (SSSR count). The lowest BCUT2D eigenvalue weighted by Crippen LogP contribution is -2.41. The van der Waals surface area contributed by atoms with E-state index in [9.17, 15) is 19.2 Å². The van der Waals surface area contributed by atoms with Gasteiger partial charge in [-0.15, -0.1) is 0 Å². The van der Waals surface area contributed by atoms with Crippen LogP contribution >= 0.6 is 0 Å². The lowest BCUT2D eigenvalue weighted by molar-refractivity contribution is -0.140. The number of hydrogen-bond acceptors (Lipinski definition) is 10. The Labute approximate surface area is 197 Å². The molecule has 0 aromatic rings. The number of carboxylic acid groups (broad SMARTS) is 4. The fourth-order valence-electron chi connectivity index (χ4n) is 2.13. The van der Waals surface area contributed by atoms with Crippen LogP contribution in [0, 0.1) is 0 Å². The first-order valence-electron chi connectivity index (χ1n) is 10.7. The van der Waals surface area contributed by atoms with Gasteiger partial charge in [0.2, 0.25) is 0 Å². The van der Waals surface area contributed by atoms with Gasteiger partial charge >= 0.3 is 23.9 Å². The molecule has 0 radical (unpaired) electrons. The minimum absolute atomic E-state index is 0.0231. The van der Waals surface area contributed by atoms with Gasteiger partial charge in [-0.25, -0.2) is 0 Å². The fourth-order valence-corrected chi connectivity index (χ4v) is 2.13. The molecule has 11 N–H and O–H groups in total. The van der Waals surface area contributed by atoms with Crippen LogP contribution in [0.25, 0.3) is 0 Å². The first kappa shape index (κ1) is 36.2. The van der Waals surface area contributed by atoms with Gasteiger partial charge in [-0.3, -0.25) is 19.2 Å². The summed E-state index contributed by atoms with van der Waals surface area (Å²) in [6.45, 7) is -1.28. The van der Waals surface area contributed by atoms with Crippen LogP contribution in [0.3, 0.4) is 0 Å². The minimum atomic E-state index is -1.49. The van der Waals surface area contributed by atoms with Crippen LogP contribution in [-0.4, -0.2) is 107 Å². The highest BCUT2D eigenvalue weighted by Crippen LogP contribution is 2.08. The van der Waals surface area contributed by atoms with Crippen LogP contribution in [0.2, 0.25) is 0 Å². The molecule has 0 spiro atoms.